The summed E-state index contributed by atoms with van der Waals surface area (Å²) in [5.41, 5.74) is 1.76. The number of aliphatic hydroxyl groups excluding tert-OH is 1. The van der Waals surface area contributed by atoms with E-state index in [2.05, 4.69) is 15.3 Å². The highest BCUT2D eigenvalue weighted by Gasteiger charge is 2.25. The largest absolute Gasteiger partial charge is 0.393 e. The van der Waals surface area contributed by atoms with Gasteiger partial charge in [0.2, 0.25) is 11.9 Å². The number of imidazole rings is 1. The van der Waals surface area contributed by atoms with Crippen LogP contribution in [0.3, 0.4) is 0 Å². The molecule has 2 aromatic rings. The van der Waals surface area contributed by atoms with Gasteiger partial charge in [0.25, 0.3) is 0 Å². The number of carbonyl (C=O) groups excluding carboxylic acids is 1. The first-order chi connectivity index (χ1) is 9.22. The van der Waals surface area contributed by atoms with Gasteiger partial charge >= 0.3 is 0 Å². The molecular weight excluding hydrogens is 242 g/mol. The highest BCUT2D eigenvalue weighted by Crippen LogP contribution is 2.25. The van der Waals surface area contributed by atoms with Crippen molar-refractivity contribution in [3.05, 3.63) is 24.3 Å². The number of hydrogen-bond donors (Lipinski definition) is 3. The number of H-pyrrole nitrogens is 1. The summed E-state index contributed by atoms with van der Waals surface area (Å²) in [5, 5.41) is 12.3. The van der Waals surface area contributed by atoms with Gasteiger partial charge in [0.1, 0.15) is 0 Å². The second-order valence-electron chi connectivity index (χ2n) is 5.10. The number of para-hydroxylation sites is 2. The number of fused-ring (bicyclic) bond motifs is 1. The van der Waals surface area contributed by atoms with Crippen LogP contribution in [0.4, 0.5) is 5.95 Å². The predicted molar refractivity (Wildman–Crippen MR) is 72.7 cm³/mol. The Morgan fingerprint density at radius 3 is 2.74 bits per heavy atom. The summed E-state index contributed by atoms with van der Waals surface area (Å²) in [4.78, 5) is 19.5. The van der Waals surface area contributed by atoms with Gasteiger partial charge in [-0.1, -0.05) is 12.1 Å². The molecule has 1 saturated carbocycles. The lowest BCUT2D eigenvalue weighted by molar-refractivity contribution is -0.121. The van der Waals surface area contributed by atoms with Crippen molar-refractivity contribution >= 4 is 22.9 Å². The lowest BCUT2D eigenvalue weighted by atomic mass is 9.87. The van der Waals surface area contributed by atoms with Gasteiger partial charge in [0, 0.05) is 5.92 Å². The second kappa shape index (κ2) is 5.01. The maximum atomic E-state index is 12.1. The summed E-state index contributed by atoms with van der Waals surface area (Å²) in [5.74, 6) is 0.472. The summed E-state index contributed by atoms with van der Waals surface area (Å²) in [7, 11) is 0. The summed E-state index contributed by atoms with van der Waals surface area (Å²) < 4.78 is 0. The number of aliphatic hydroxyl groups is 1. The van der Waals surface area contributed by atoms with Crippen LogP contribution in [0.25, 0.3) is 11.0 Å². The number of nitrogens with one attached hydrogen (secondary N) is 2. The van der Waals surface area contributed by atoms with Crippen molar-refractivity contribution in [2.24, 2.45) is 5.92 Å². The monoisotopic (exact) mass is 259 g/mol. The van der Waals surface area contributed by atoms with Gasteiger partial charge in [-0.15, -0.1) is 0 Å². The van der Waals surface area contributed by atoms with Gasteiger partial charge < -0.3 is 10.1 Å². The van der Waals surface area contributed by atoms with Crippen LogP contribution in [0.1, 0.15) is 25.7 Å². The molecule has 1 aromatic carbocycles. The number of benzene rings is 1. The first kappa shape index (κ1) is 12.2. The molecule has 0 bridgehead atoms. The fourth-order valence-electron chi connectivity index (χ4n) is 2.57. The SMILES string of the molecule is O=C(Nc1nc2ccccc2[nH]1)C1CCC(O)CC1. The van der Waals surface area contributed by atoms with Crippen LogP contribution in [0, 0.1) is 5.92 Å². The average molecular weight is 259 g/mol. The minimum Gasteiger partial charge on any atom is -0.393 e. The number of aromatic amines is 1. The highest BCUT2D eigenvalue weighted by molar-refractivity contribution is 5.92. The van der Waals surface area contributed by atoms with E-state index in [-0.39, 0.29) is 17.9 Å². The van der Waals surface area contributed by atoms with E-state index in [9.17, 15) is 9.90 Å². The predicted octanol–water partition coefficient (Wildman–Crippen LogP) is 2.05. The summed E-state index contributed by atoms with van der Waals surface area (Å²) in [6, 6.07) is 7.67. The smallest absolute Gasteiger partial charge is 0.229 e. The van der Waals surface area contributed by atoms with Crippen LogP contribution >= 0.6 is 0 Å². The van der Waals surface area contributed by atoms with E-state index >= 15 is 0 Å². The third-order valence-electron chi connectivity index (χ3n) is 3.70. The third kappa shape index (κ3) is 2.61. The van der Waals surface area contributed by atoms with Crippen molar-refractivity contribution in [3.8, 4) is 0 Å². The number of nitrogens with zero attached hydrogens (tertiary/aromatic N) is 1. The summed E-state index contributed by atoms with van der Waals surface area (Å²) in [6.07, 6.45) is 2.66. The van der Waals surface area contributed by atoms with Crippen LogP contribution in [-0.2, 0) is 4.79 Å². The average Bonchev–Trinajstić information content (AvgIpc) is 2.81. The topological polar surface area (TPSA) is 78.0 Å². The van der Waals surface area contributed by atoms with Gasteiger partial charge in [0.15, 0.2) is 0 Å². The molecule has 0 radical (unpaired) electrons. The van der Waals surface area contributed by atoms with Crippen LogP contribution in [-0.4, -0.2) is 27.1 Å². The molecule has 100 valence electrons. The minimum absolute atomic E-state index is 0.00837. The Labute approximate surface area is 111 Å². The molecule has 1 amide bonds. The van der Waals surface area contributed by atoms with Crippen molar-refractivity contribution in [1.82, 2.24) is 9.97 Å². The molecule has 1 aliphatic rings. The Hall–Kier alpha value is -1.88. The van der Waals surface area contributed by atoms with Crippen LogP contribution in [0.2, 0.25) is 0 Å². The lowest BCUT2D eigenvalue weighted by Gasteiger charge is -2.23. The molecule has 1 fully saturated rings. The Morgan fingerprint density at radius 2 is 2.00 bits per heavy atom. The fraction of sp³-hybridized carbons (Fsp3) is 0.429. The number of aromatic nitrogens is 2. The highest BCUT2D eigenvalue weighted by atomic mass is 16.3. The quantitative estimate of drug-likeness (QED) is 0.772. The molecule has 0 aliphatic heterocycles. The van der Waals surface area contributed by atoms with Gasteiger partial charge in [-0.2, -0.15) is 0 Å². The Bertz CT molecular complexity index is 552. The molecule has 1 heterocycles. The molecule has 0 unspecified atom stereocenters. The molecule has 5 nitrogen and oxygen atoms in total. The van der Waals surface area contributed by atoms with E-state index in [1.807, 2.05) is 24.3 Å². The second-order valence-corrected chi connectivity index (χ2v) is 5.10. The van der Waals surface area contributed by atoms with Gasteiger partial charge in [-0.05, 0) is 37.8 Å². The lowest BCUT2D eigenvalue weighted by Crippen LogP contribution is -2.29. The normalized spacial score (nSPS) is 23.4. The fourth-order valence-corrected chi connectivity index (χ4v) is 2.57. The third-order valence-corrected chi connectivity index (χ3v) is 3.70. The zero-order valence-corrected chi connectivity index (χ0v) is 10.6. The molecule has 3 rings (SSSR count). The van der Waals surface area contributed by atoms with Crippen molar-refractivity contribution in [1.29, 1.82) is 0 Å². The maximum absolute atomic E-state index is 12.1. The van der Waals surface area contributed by atoms with Gasteiger partial charge in [-0.3, -0.25) is 10.1 Å². The zero-order chi connectivity index (χ0) is 13.2. The van der Waals surface area contributed by atoms with Crippen LogP contribution in [0.15, 0.2) is 24.3 Å². The van der Waals surface area contributed by atoms with E-state index in [0.29, 0.717) is 18.8 Å². The molecule has 1 aromatic heterocycles. The molecule has 3 N–H and O–H groups in total. The number of amides is 1. The first-order valence-electron chi connectivity index (χ1n) is 6.66. The van der Waals surface area contributed by atoms with E-state index in [0.717, 1.165) is 23.9 Å². The van der Waals surface area contributed by atoms with Crippen molar-refractivity contribution in [3.63, 3.8) is 0 Å². The summed E-state index contributed by atoms with van der Waals surface area (Å²) >= 11 is 0. The molecule has 0 spiro atoms. The Morgan fingerprint density at radius 1 is 1.26 bits per heavy atom. The standard InChI is InChI=1S/C14H17N3O2/c18-10-7-5-9(6-8-10)13(19)17-14-15-11-3-1-2-4-12(11)16-14/h1-4,9-10,18H,5-8H2,(H2,15,16,17,19). The van der Waals surface area contributed by atoms with Crippen molar-refractivity contribution in [2.45, 2.75) is 31.8 Å². The Kier molecular flexibility index (Phi) is 3.21. The Balaban J connectivity index is 1.68. The summed E-state index contributed by atoms with van der Waals surface area (Å²) in [6.45, 7) is 0. The van der Waals surface area contributed by atoms with Gasteiger partial charge in [-0.25, -0.2) is 4.98 Å². The van der Waals surface area contributed by atoms with Gasteiger partial charge in [0.05, 0.1) is 17.1 Å². The molecule has 0 saturated heterocycles. The molecular formula is C14H17N3O2. The van der Waals surface area contributed by atoms with Crippen LogP contribution in [0.5, 0.6) is 0 Å². The number of anilines is 1. The molecule has 0 atom stereocenters. The van der Waals surface area contributed by atoms with E-state index in [1.165, 1.54) is 0 Å². The zero-order valence-electron chi connectivity index (χ0n) is 10.6. The first-order valence-corrected chi connectivity index (χ1v) is 6.66. The van der Waals surface area contributed by atoms with E-state index < -0.39 is 0 Å². The number of rotatable bonds is 2. The maximum Gasteiger partial charge on any atom is 0.229 e. The number of hydrogen-bond acceptors (Lipinski definition) is 3. The molecule has 1 aliphatic carbocycles. The van der Waals surface area contributed by atoms with Crippen LogP contribution < -0.4 is 5.32 Å². The number of carbonyl (C=O) groups is 1. The minimum atomic E-state index is -0.241. The van der Waals surface area contributed by atoms with E-state index in [1.54, 1.807) is 0 Å². The molecule has 5 heteroatoms. The van der Waals surface area contributed by atoms with Crippen molar-refractivity contribution < 1.29 is 9.90 Å². The molecule has 19 heavy (non-hydrogen) atoms. The van der Waals surface area contributed by atoms with E-state index in [4.69, 9.17) is 0 Å². The van der Waals surface area contributed by atoms with Crippen molar-refractivity contribution in [2.75, 3.05) is 5.32 Å².